The number of hydrogen-bond donors (Lipinski definition) is 1. The number of thiophene rings is 1. The summed E-state index contributed by atoms with van der Waals surface area (Å²) in [6.45, 7) is 8.81. The summed E-state index contributed by atoms with van der Waals surface area (Å²) in [6, 6.07) is 2.19. The Morgan fingerprint density at radius 1 is 1.47 bits per heavy atom. The average Bonchev–Trinajstić information content (AvgIpc) is 2.64. The predicted molar refractivity (Wildman–Crippen MR) is 70.5 cm³/mol. The van der Waals surface area contributed by atoms with Crippen LogP contribution in [0, 0.1) is 6.92 Å². The zero-order chi connectivity index (χ0) is 11.1. The Hall–Kier alpha value is -0.600. The quantitative estimate of drug-likeness (QED) is 0.722. The summed E-state index contributed by atoms with van der Waals surface area (Å²) in [5.74, 6) is 0. The van der Waals surface area contributed by atoms with Gasteiger partial charge in [0, 0.05) is 4.88 Å². The van der Waals surface area contributed by atoms with Gasteiger partial charge in [0.2, 0.25) is 0 Å². The van der Waals surface area contributed by atoms with Crippen molar-refractivity contribution in [1.29, 1.82) is 0 Å². The van der Waals surface area contributed by atoms with Crippen molar-refractivity contribution in [3.63, 3.8) is 0 Å². The van der Waals surface area contributed by atoms with Crippen molar-refractivity contribution >= 4 is 16.9 Å². The van der Waals surface area contributed by atoms with Gasteiger partial charge in [-0.1, -0.05) is 13.0 Å². The van der Waals surface area contributed by atoms with E-state index >= 15 is 0 Å². The van der Waals surface area contributed by atoms with Crippen LogP contribution in [0.4, 0.5) is 0 Å². The molecule has 0 saturated carbocycles. The molecule has 2 heteroatoms. The molecular formula is C13H21NS. The molecule has 1 N–H and O–H groups in total. The minimum Gasteiger partial charge on any atom is -0.316 e. The van der Waals surface area contributed by atoms with Gasteiger partial charge in [-0.3, -0.25) is 0 Å². The molecule has 15 heavy (non-hydrogen) atoms. The van der Waals surface area contributed by atoms with Crippen molar-refractivity contribution in [2.45, 2.75) is 33.6 Å². The van der Waals surface area contributed by atoms with Gasteiger partial charge in [0.15, 0.2) is 0 Å². The molecular weight excluding hydrogens is 202 g/mol. The summed E-state index contributed by atoms with van der Waals surface area (Å²) >= 11 is 1.84. The van der Waals surface area contributed by atoms with Crippen LogP contribution in [-0.2, 0) is 0 Å². The van der Waals surface area contributed by atoms with Crippen LogP contribution < -0.4 is 5.32 Å². The molecule has 0 amide bonds. The highest BCUT2D eigenvalue weighted by Gasteiger charge is 2.00. The van der Waals surface area contributed by atoms with Gasteiger partial charge < -0.3 is 5.32 Å². The number of nitrogens with one attached hydrogen (secondary N) is 1. The van der Waals surface area contributed by atoms with Gasteiger partial charge in [-0.15, -0.1) is 11.3 Å². The molecule has 1 aromatic rings. The molecule has 0 aliphatic rings. The maximum atomic E-state index is 3.41. The molecule has 0 aromatic carbocycles. The monoisotopic (exact) mass is 223 g/mol. The summed E-state index contributed by atoms with van der Waals surface area (Å²) in [5.41, 5.74) is 2.82. The van der Waals surface area contributed by atoms with Gasteiger partial charge in [-0.2, -0.15) is 0 Å². The summed E-state index contributed by atoms with van der Waals surface area (Å²) in [5, 5.41) is 5.57. The smallest absolute Gasteiger partial charge is 0.0325 e. The Kier molecular flexibility index (Phi) is 5.66. The molecule has 0 saturated heterocycles. The van der Waals surface area contributed by atoms with E-state index in [0.29, 0.717) is 0 Å². The average molecular weight is 223 g/mol. The molecule has 0 atom stereocenters. The molecule has 0 fully saturated rings. The molecule has 0 bridgehead atoms. The second-order valence-corrected chi connectivity index (χ2v) is 4.77. The number of aryl methyl sites for hydroxylation is 1. The van der Waals surface area contributed by atoms with Crippen LogP contribution >= 0.6 is 11.3 Å². The van der Waals surface area contributed by atoms with Crippen LogP contribution in [0.25, 0.3) is 5.57 Å². The van der Waals surface area contributed by atoms with Gasteiger partial charge >= 0.3 is 0 Å². The van der Waals surface area contributed by atoms with Gasteiger partial charge in [-0.25, -0.2) is 0 Å². The van der Waals surface area contributed by atoms with Crippen molar-refractivity contribution in [2.75, 3.05) is 13.1 Å². The normalized spacial score (nSPS) is 12.1. The zero-order valence-electron chi connectivity index (χ0n) is 9.97. The standard InChI is InChI=1S/C13H21NS/c1-4-8-14-9-5-6-11(2)13-12(3)7-10-15-13/h6-7,10,14H,4-5,8-9H2,1-3H3. The van der Waals surface area contributed by atoms with E-state index in [1.54, 1.807) is 0 Å². The van der Waals surface area contributed by atoms with Crippen LogP contribution in [0.1, 0.15) is 37.1 Å². The van der Waals surface area contributed by atoms with Crippen molar-refractivity contribution in [3.8, 4) is 0 Å². The highest BCUT2D eigenvalue weighted by molar-refractivity contribution is 7.11. The maximum Gasteiger partial charge on any atom is 0.0325 e. The lowest BCUT2D eigenvalue weighted by Crippen LogP contribution is -2.15. The molecule has 0 aliphatic carbocycles. The van der Waals surface area contributed by atoms with E-state index in [1.165, 1.54) is 22.4 Å². The van der Waals surface area contributed by atoms with Gasteiger partial charge in [0.1, 0.15) is 0 Å². The third-order valence-electron chi connectivity index (χ3n) is 2.42. The lowest BCUT2D eigenvalue weighted by atomic mass is 10.1. The first-order valence-electron chi connectivity index (χ1n) is 5.67. The molecule has 1 heterocycles. The van der Waals surface area contributed by atoms with E-state index < -0.39 is 0 Å². The molecule has 84 valence electrons. The van der Waals surface area contributed by atoms with Crippen LogP contribution in [0.5, 0.6) is 0 Å². The highest BCUT2D eigenvalue weighted by atomic mass is 32.1. The Labute approximate surface area is 97.2 Å². The second-order valence-electron chi connectivity index (χ2n) is 3.86. The lowest BCUT2D eigenvalue weighted by molar-refractivity contribution is 0.678. The third kappa shape index (κ3) is 4.18. The first kappa shape index (κ1) is 12.5. The van der Waals surface area contributed by atoms with Crippen LogP contribution in [0.2, 0.25) is 0 Å². The van der Waals surface area contributed by atoms with Crippen LogP contribution in [-0.4, -0.2) is 13.1 Å². The minimum atomic E-state index is 1.09. The number of allylic oxidation sites excluding steroid dienone is 1. The fourth-order valence-electron chi connectivity index (χ4n) is 1.56. The summed E-state index contributed by atoms with van der Waals surface area (Å²) in [4.78, 5) is 1.44. The molecule has 1 aromatic heterocycles. The minimum absolute atomic E-state index is 1.09. The maximum absolute atomic E-state index is 3.41. The zero-order valence-corrected chi connectivity index (χ0v) is 10.8. The predicted octanol–water partition coefficient (Wildman–Crippen LogP) is 3.85. The SMILES string of the molecule is CCCNCCC=C(C)c1sccc1C. The summed E-state index contributed by atoms with van der Waals surface area (Å²) in [7, 11) is 0. The fourth-order valence-corrected chi connectivity index (χ4v) is 2.49. The summed E-state index contributed by atoms with van der Waals surface area (Å²) < 4.78 is 0. The molecule has 0 unspecified atom stereocenters. The molecule has 1 rings (SSSR count). The van der Waals surface area contributed by atoms with E-state index in [0.717, 1.165) is 19.5 Å². The third-order valence-corrected chi connectivity index (χ3v) is 3.57. The lowest BCUT2D eigenvalue weighted by Gasteiger charge is -2.02. The van der Waals surface area contributed by atoms with Gasteiger partial charge in [-0.05, 0) is 62.4 Å². The van der Waals surface area contributed by atoms with E-state index in [9.17, 15) is 0 Å². The highest BCUT2D eigenvalue weighted by Crippen LogP contribution is 2.24. The van der Waals surface area contributed by atoms with Crippen molar-refractivity contribution in [1.82, 2.24) is 5.32 Å². The van der Waals surface area contributed by atoms with E-state index in [4.69, 9.17) is 0 Å². The molecule has 0 radical (unpaired) electrons. The Morgan fingerprint density at radius 3 is 2.87 bits per heavy atom. The first-order valence-corrected chi connectivity index (χ1v) is 6.55. The second kappa shape index (κ2) is 6.81. The summed E-state index contributed by atoms with van der Waals surface area (Å²) in [6.07, 6.45) is 4.68. The van der Waals surface area contributed by atoms with Gasteiger partial charge in [0.25, 0.3) is 0 Å². The Bertz CT molecular complexity index is 312. The molecule has 1 nitrogen and oxygen atoms in total. The van der Waals surface area contributed by atoms with Gasteiger partial charge in [0.05, 0.1) is 0 Å². The van der Waals surface area contributed by atoms with Crippen molar-refractivity contribution in [3.05, 3.63) is 28.0 Å². The number of rotatable bonds is 6. The van der Waals surface area contributed by atoms with E-state index in [-0.39, 0.29) is 0 Å². The molecule has 0 aliphatic heterocycles. The van der Waals surface area contributed by atoms with Crippen molar-refractivity contribution < 1.29 is 0 Å². The van der Waals surface area contributed by atoms with Crippen molar-refractivity contribution in [2.24, 2.45) is 0 Å². The number of hydrogen-bond acceptors (Lipinski definition) is 2. The Balaban J connectivity index is 2.37. The van der Waals surface area contributed by atoms with E-state index in [2.05, 4.69) is 43.6 Å². The van der Waals surface area contributed by atoms with Crippen LogP contribution in [0.3, 0.4) is 0 Å². The largest absolute Gasteiger partial charge is 0.316 e. The Morgan fingerprint density at radius 2 is 2.27 bits per heavy atom. The fraction of sp³-hybridized carbons (Fsp3) is 0.538. The van der Waals surface area contributed by atoms with E-state index in [1.807, 2.05) is 11.3 Å². The van der Waals surface area contributed by atoms with Crippen LogP contribution in [0.15, 0.2) is 17.5 Å². The molecule has 0 spiro atoms. The topological polar surface area (TPSA) is 12.0 Å². The first-order chi connectivity index (χ1) is 7.25.